The molecule has 0 spiro atoms. The molecule has 34 heavy (non-hydrogen) atoms. The fraction of sp³-hybridized carbons (Fsp3) is 0.333. The van der Waals surface area contributed by atoms with Gasteiger partial charge in [0.25, 0.3) is 5.91 Å². The monoisotopic (exact) mass is 492 g/mol. The van der Waals surface area contributed by atoms with Crippen molar-refractivity contribution in [3.8, 4) is 11.5 Å². The number of anilines is 1. The van der Waals surface area contributed by atoms with Crippen LogP contribution in [-0.2, 0) is 19.6 Å². The van der Waals surface area contributed by atoms with Gasteiger partial charge in [-0.2, -0.15) is 4.31 Å². The SMILES string of the molecule is CCOc1ccc(S(=O)(=O)N2CCOCC2)cc1NC(=O)COc1cccc(B(O)O)c1C=O. The Morgan fingerprint density at radius 1 is 1.18 bits per heavy atom. The normalized spacial score (nSPS) is 14.3. The summed E-state index contributed by atoms with van der Waals surface area (Å²) in [6.07, 6.45) is 0.398. The van der Waals surface area contributed by atoms with Crippen LogP contribution in [0.25, 0.3) is 0 Å². The number of carbonyl (C=O) groups excluding carboxylic acids is 2. The summed E-state index contributed by atoms with van der Waals surface area (Å²) in [6.45, 7) is 2.56. The molecule has 0 atom stereocenters. The van der Waals surface area contributed by atoms with E-state index in [1.54, 1.807) is 6.92 Å². The number of rotatable bonds is 10. The Kier molecular flexibility index (Phi) is 8.64. The molecule has 1 aliphatic heterocycles. The second kappa shape index (κ2) is 11.4. The van der Waals surface area contributed by atoms with Gasteiger partial charge in [0.05, 0.1) is 36.0 Å². The number of benzene rings is 2. The van der Waals surface area contributed by atoms with Crippen LogP contribution in [0.4, 0.5) is 5.69 Å². The van der Waals surface area contributed by atoms with E-state index >= 15 is 0 Å². The molecular weight excluding hydrogens is 467 g/mol. The first-order valence-corrected chi connectivity index (χ1v) is 11.9. The zero-order valence-corrected chi connectivity index (χ0v) is 19.3. The summed E-state index contributed by atoms with van der Waals surface area (Å²) in [5.74, 6) is -0.381. The molecule has 0 saturated carbocycles. The lowest BCUT2D eigenvalue weighted by atomic mass is 9.77. The number of amides is 1. The molecule has 0 radical (unpaired) electrons. The van der Waals surface area contributed by atoms with E-state index in [2.05, 4.69) is 5.32 Å². The van der Waals surface area contributed by atoms with Gasteiger partial charge in [0.1, 0.15) is 11.5 Å². The quantitative estimate of drug-likeness (QED) is 0.298. The minimum absolute atomic E-state index is 0.00979. The average molecular weight is 492 g/mol. The molecule has 3 rings (SSSR count). The summed E-state index contributed by atoms with van der Waals surface area (Å²) in [7, 11) is -5.69. The molecule has 182 valence electrons. The van der Waals surface area contributed by atoms with Gasteiger partial charge in [-0.15, -0.1) is 0 Å². The summed E-state index contributed by atoms with van der Waals surface area (Å²) >= 11 is 0. The van der Waals surface area contributed by atoms with Gasteiger partial charge in [0.15, 0.2) is 12.9 Å². The molecule has 1 fully saturated rings. The minimum atomic E-state index is -3.80. The predicted molar refractivity (Wildman–Crippen MR) is 123 cm³/mol. The van der Waals surface area contributed by atoms with Gasteiger partial charge in [-0.25, -0.2) is 8.42 Å². The summed E-state index contributed by atoms with van der Waals surface area (Å²) in [6, 6.07) is 8.38. The second-order valence-corrected chi connectivity index (χ2v) is 9.13. The van der Waals surface area contributed by atoms with Crippen molar-refractivity contribution in [1.29, 1.82) is 0 Å². The molecular formula is C21H25BN2O9S. The molecule has 1 heterocycles. The largest absolute Gasteiger partial charge is 0.492 e. The molecule has 2 aromatic carbocycles. The number of hydrogen-bond donors (Lipinski definition) is 3. The van der Waals surface area contributed by atoms with Gasteiger partial charge in [0.2, 0.25) is 10.0 Å². The van der Waals surface area contributed by atoms with Crippen molar-refractivity contribution in [2.75, 3.05) is 44.8 Å². The number of nitrogens with one attached hydrogen (secondary N) is 1. The van der Waals surface area contributed by atoms with Gasteiger partial charge in [0, 0.05) is 13.1 Å². The summed E-state index contributed by atoms with van der Waals surface area (Å²) < 4.78 is 43.4. The smallest absolute Gasteiger partial charge is 0.489 e. The van der Waals surface area contributed by atoms with E-state index in [0.29, 0.717) is 19.5 Å². The van der Waals surface area contributed by atoms with Crippen molar-refractivity contribution >= 4 is 40.5 Å². The van der Waals surface area contributed by atoms with Gasteiger partial charge in [-0.1, -0.05) is 12.1 Å². The number of nitrogens with zero attached hydrogens (tertiary/aromatic N) is 1. The van der Waals surface area contributed by atoms with E-state index in [1.807, 2.05) is 0 Å². The first-order valence-electron chi connectivity index (χ1n) is 10.5. The summed E-state index contributed by atoms with van der Waals surface area (Å²) in [4.78, 5) is 23.9. The highest BCUT2D eigenvalue weighted by atomic mass is 32.2. The van der Waals surface area contributed by atoms with Crippen molar-refractivity contribution in [2.45, 2.75) is 11.8 Å². The number of hydrogen-bond acceptors (Lipinski definition) is 9. The maximum absolute atomic E-state index is 13.0. The number of aldehydes is 1. The van der Waals surface area contributed by atoms with Crippen LogP contribution in [0.2, 0.25) is 0 Å². The van der Waals surface area contributed by atoms with Crippen molar-refractivity contribution in [3.05, 3.63) is 42.0 Å². The number of ether oxygens (including phenoxy) is 3. The molecule has 11 nitrogen and oxygen atoms in total. The molecule has 0 aliphatic carbocycles. The van der Waals surface area contributed by atoms with Crippen LogP contribution < -0.4 is 20.3 Å². The molecule has 1 saturated heterocycles. The van der Waals surface area contributed by atoms with Crippen LogP contribution in [0.5, 0.6) is 11.5 Å². The Labute approximate surface area is 197 Å². The molecule has 2 aromatic rings. The Bertz CT molecular complexity index is 1140. The minimum Gasteiger partial charge on any atom is -0.492 e. The third kappa shape index (κ3) is 5.93. The van der Waals surface area contributed by atoms with Crippen LogP contribution in [0.3, 0.4) is 0 Å². The number of morpholine rings is 1. The highest BCUT2D eigenvalue weighted by Gasteiger charge is 2.27. The fourth-order valence-corrected chi connectivity index (χ4v) is 4.79. The molecule has 0 aromatic heterocycles. The van der Waals surface area contributed by atoms with E-state index in [-0.39, 0.29) is 52.8 Å². The first kappa shape index (κ1) is 25.7. The highest BCUT2D eigenvalue weighted by molar-refractivity contribution is 7.89. The third-order valence-electron chi connectivity index (χ3n) is 4.99. The van der Waals surface area contributed by atoms with Gasteiger partial charge < -0.3 is 29.6 Å². The molecule has 13 heteroatoms. The Morgan fingerprint density at radius 2 is 1.91 bits per heavy atom. The molecule has 0 unspecified atom stereocenters. The fourth-order valence-electron chi connectivity index (χ4n) is 3.35. The van der Waals surface area contributed by atoms with Crippen LogP contribution in [-0.4, -0.2) is 81.6 Å². The van der Waals surface area contributed by atoms with E-state index < -0.39 is 29.7 Å². The standard InChI is InChI=1S/C21H25BN2O9S/c1-2-32-20-7-6-15(34(29,30)24-8-10-31-11-9-24)12-18(20)23-21(26)14-33-19-5-3-4-17(22(27)28)16(19)13-25/h3-7,12-13,27-28H,2,8-11,14H2,1H3,(H,23,26). The Morgan fingerprint density at radius 3 is 2.56 bits per heavy atom. The van der Waals surface area contributed by atoms with Crippen LogP contribution >= 0.6 is 0 Å². The van der Waals surface area contributed by atoms with Crippen molar-refractivity contribution in [1.82, 2.24) is 4.31 Å². The zero-order chi connectivity index (χ0) is 24.7. The van der Waals surface area contributed by atoms with Gasteiger partial charge in [-0.05, 0) is 36.7 Å². The summed E-state index contributed by atoms with van der Waals surface area (Å²) in [5, 5.41) is 21.3. The predicted octanol–water partition coefficient (Wildman–Crippen LogP) is -0.384. The van der Waals surface area contributed by atoms with E-state index in [0.717, 1.165) is 0 Å². The zero-order valence-electron chi connectivity index (χ0n) is 18.5. The highest BCUT2D eigenvalue weighted by Crippen LogP contribution is 2.29. The van der Waals surface area contributed by atoms with Crippen LogP contribution in [0, 0.1) is 0 Å². The topological polar surface area (TPSA) is 152 Å². The maximum atomic E-state index is 13.0. The Balaban J connectivity index is 1.79. The maximum Gasteiger partial charge on any atom is 0.489 e. The molecule has 0 bridgehead atoms. The number of carbonyl (C=O) groups is 2. The summed E-state index contributed by atoms with van der Waals surface area (Å²) in [5.41, 5.74) is -0.0219. The average Bonchev–Trinajstić information content (AvgIpc) is 2.84. The lowest BCUT2D eigenvalue weighted by Gasteiger charge is -2.26. The first-order chi connectivity index (χ1) is 16.3. The van der Waals surface area contributed by atoms with E-state index in [1.165, 1.54) is 40.7 Å². The van der Waals surface area contributed by atoms with E-state index in [9.17, 15) is 28.1 Å². The molecule has 1 amide bonds. The van der Waals surface area contributed by atoms with Crippen LogP contribution in [0.1, 0.15) is 17.3 Å². The van der Waals surface area contributed by atoms with Crippen molar-refractivity contribution in [2.24, 2.45) is 0 Å². The Hall–Kier alpha value is -2.97. The van der Waals surface area contributed by atoms with Gasteiger partial charge in [-0.3, -0.25) is 9.59 Å². The van der Waals surface area contributed by atoms with Crippen LogP contribution in [0.15, 0.2) is 41.3 Å². The van der Waals surface area contributed by atoms with E-state index in [4.69, 9.17) is 14.2 Å². The molecule has 1 aliphatic rings. The van der Waals surface area contributed by atoms with Gasteiger partial charge >= 0.3 is 7.12 Å². The third-order valence-corrected chi connectivity index (χ3v) is 6.88. The number of sulfonamides is 1. The lowest BCUT2D eigenvalue weighted by Crippen LogP contribution is -2.40. The second-order valence-electron chi connectivity index (χ2n) is 7.19. The molecule has 3 N–H and O–H groups in total. The lowest BCUT2D eigenvalue weighted by molar-refractivity contribution is -0.118. The van der Waals surface area contributed by atoms with Crippen molar-refractivity contribution < 1.29 is 42.3 Å². The van der Waals surface area contributed by atoms with Crippen molar-refractivity contribution in [3.63, 3.8) is 0 Å².